The highest BCUT2D eigenvalue weighted by molar-refractivity contribution is 5.76. The second-order valence-electron chi connectivity index (χ2n) is 6.56. The number of rotatable bonds is 3. The van der Waals surface area contributed by atoms with Gasteiger partial charge in [0, 0.05) is 23.5 Å². The second-order valence-corrected chi connectivity index (χ2v) is 6.56. The molecule has 0 bridgehead atoms. The normalized spacial score (nSPS) is 11.3. The summed E-state index contributed by atoms with van der Waals surface area (Å²) in [5, 5.41) is 0. The first kappa shape index (κ1) is 16.8. The van der Waals surface area contributed by atoms with Crippen molar-refractivity contribution in [3.63, 3.8) is 0 Å². The fraction of sp³-hybridized carbons (Fsp3) is 0.333. The van der Waals surface area contributed by atoms with Crippen LogP contribution < -0.4 is 11.3 Å². The third-order valence-corrected chi connectivity index (χ3v) is 3.24. The first-order valence-electron chi connectivity index (χ1n) is 7.44. The Hall–Kier alpha value is -2.56. The number of carbonyl (C=O) groups is 1. The number of nitrogens with zero attached hydrogens (tertiary/aromatic N) is 1. The van der Waals surface area contributed by atoms with Gasteiger partial charge < -0.3 is 15.0 Å². The van der Waals surface area contributed by atoms with Crippen LogP contribution in [0.3, 0.4) is 0 Å². The summed E-state index contributed by atoms with van der Waals surface area (Å²) in [4.78, 5) is 24.1. The minimum absolute atomic E-state index is 0.111. The molecule has 0 radical (unpaired) electrons. The predicted molar refractivity (Wildman–Crippen MR) is 91.1 cm³/mol. The maximum Gasteiger partial charge on any atom is 0.326 e. The van der Waals surface area contributed by atoms with Crippen LogP contribution in [0.15, 0.2) is 41.3 Å². The molecule has 0 aliphatic heterocycles. The van der Waals surface area contributed by atoms with E-state index in [1.54, 1.807) is 33.0 Å². The van der Waals surface area contributed by atoms with Crippen LogP contribution >= 0.6 is 0 Å². The summed E-state index contributed by atoms with van der Waals surface area (Å²) in [6.45, 7) is 7.22. The van der Waals surface area contributed by atoms with Crippen LogP contribution in [0.25, 0.3) is 11.1 Å². The fourth-order valence-electron chi connectivity index (χ4n) is 2.24. The van der Waals surface area contributed by atoms with E-state index in [1.165, 1.54) is 10.6 Å². The Kier molecular flexibility index (Phi) is 4.59. The van der Waals surface area contributed by atoms with E-state index in [-0.39, 0.29) is 12.1 Å². The molecule has 5 nitrogen and oxygen atoms in total. The number of pyridine rings is 1. The number of nitrogen functional groups attached to an aromatic ring is 1. The van der Waals surface area contributed by atoms with Crippen molar-refractivity contribution in [2.75, 3.05) is 5.73 Å². The maximum absolute atomic E-state index is 12.2. The van der Waals surface area contributed by atoms with Crippen LogP contribution in [0.1, 0.15) is 26.3 Å². The molecule has 23 heavy (non-hydrogen) atoms. The van der Waals surface area contributed by atoms with Gasteiger partial charge in [-0.25, -0.2) is 0 Å². The lowest BCUT2D eigenvalue weighted by molar-refractivity contribution is -0.155. The van der Waals surface area contributed by atoms with E-state index in [1.807, 2.05) is 25.1 Å². The molecular formula is C18H22N2O3. The molecule has 1 heterocycles. The van der Waals surface area contributed by atoms with Crippen LogP contribution in [-0.2, 0) is 16.1 Å². The first-order valence-corrected chi connectivity index (χ1v) is 7.44. The van der Waals surface area contributed by atoms with Gasteiger partial charge in [-0.05, 0) is 51.5 Å². The van der Waals surface area contributed by atoms with Crippen molar-refractivity contribution in [2.45, 2.75) is 39.8 Å². The minimum Gasteiger partial charge on any atom is -0.459 e. The van der Waals surface area contributed by atoms with Crippen LogP contribution in [0.4, 0.5) is 5.69 Å². The van der Waals surface area contributed by atoms with Gasteiger partial charge in [-0.3, -0.25) is 9.59 Å². The molecule has 0 saturated heterocycles. The molecule has 5 heteroatoms. The molecule has 0 amide bonds. The summed E-state index contributed by atoms with van der Waals surface area (Å²) >= 11 is 0. The molecule has 122 valence electrons. The number of nitrogens with two attached hydrogens (primary N) is 1. The molecule has 0 fully saturated rings. The molecule has 0 unspecified atom stereocenters. The summed E-state index contributed by atoms with van der Waals surface area (Å²) in [5.74, 6) is -0.442. The predicted octanol–water partition coefficient (Wildman–Crippen LogP) is 2.75. The summed E-state index contributed by atoms with van der Waals surface area (Å²) in [7, 11) is 0. The summed E-state index contributed by atoms with van der Waals surface area (Å²) < 4.78 is 6.55. The van der Waals surface area contributed by atoms with Gasteiger partial charge in [0.25, 0.3) is 5.56 Å². The zero-order chi connectivity index (χ0) is 17.2. The van der Waals surface area contributed by atoms with Crippen molar-refractivity contribution < 1.29 is 9.53 Å². The summed E-state index contributed by atoms with van der Waals surface area (Å²) in [5.41, 5.74) is 8.35. The number of carbonyl (C=O) groups excluding carboxylic acids is 1. The van der Waals surface area contributed by atoms with Crippen LogP contribution in [0, 0.1) is 6.92 Å². The van der Waals surface area contributed by atoms with E-state index in [0.29, 0.717) is 5.69 Å². The monoisotopic (exact) mass is 314 g/mol. The number of hydrogen-bond donors (Lipinski definition) is 1. The Labute approximate surface area is 135 Å². The molecule has 0 aliphatic carbocycles. The number of benzene rings is 1. The molecule has 1 aromatic heterocycles. The Morgan fingerprint density at radius 3 is 2.52 bits per heavy atom. The third kappa shape index (κ3) is 4.45. The topological polar surface area (TPSA) is 74.3 Å². The Balaban J connectivity index is 2.26. The van der Waals surface area contributed by atoms with E-state index in [4.69, 9.17) is 10.5 Å². The SMILES string of the molecule is Cc1ccc(N)c(-c2ccn(CC(=O)OC(C)(C)C)c(=O)c2)c1. The average Bonchev–Trinajstić information content (AvgIpc) is 2.42. The molecule has 1 aromatic carbocycles. The van der Waals surface area contributed by atoms with Crippen LogP contribution in [0.5, 0.6) is 0 Å². The number of ether oxygens (including phenoxy) is 1. The number of esters is 1. The molecule has 2 rings (SSSR count). The summed E-state index contributed by atoms with van der Waals surface area (Å²) in [6.07, 6.45) is 1.59. The highest BCUT2D eigenvalue weighted by atomic mass is 16.6. The van der Waals surface area contributed by atoms with Gasteiger partial charge >= 0.3 is 5.97 Å². The average molecular weight is 314 g/mol. The zero-order valence-electron chi connectivity index (χ0n) is 13.9. The number of anilines is 1. The Morgan fingerprint density at radius 1 is 1.22 bits per heavy atom. The van der Waals surface area contributed by atoms with Gasteiger partial charge in [-0.15, -0.1) is 0 Å². The van der Waals surface area contributed by atoms with E-state index < -0.39 is 11.6 Å². The van der Waals surface area contributed by atoms with Crippen molar-refractivity contribution in [2.24, 2.45) is 0 Å². The van der Waals surface area contributed by atoms with Crippen LogP contribution in [0.2, 0.25) is 0 Å². The quantitative estimate of drug-likeness (QED) is 0.698. The van der Waals surface area contributed by atoms with E-state index in [2.05, 4.69) is 0 Å². The second kappa shape index (κ2) is 6.28. The standard InChI is InChI=1S/C18H22N2O3/c1-12-5-6-15(19)14(9-12)13-7-8-20(16(21)10-13)11-17(22)23-18(2,3)4/h5-10H,11,19H2,1-4H3. The van der Waals surface area contributed by atoms with Crippen molar-refractivity contribution in [3.05, 3.63) is 52.4 Å². The molecule has 0 atom stereocenters. The van der Waals surface area contributed by atoms with Gasteiger partial charge in [0.1, 0.15) is 12.1 Å². The van der Waals surface area contributed by atoms with Gasteiger partial charge in [0.15, 0.2) is 0 Å². The van der Waals surface area contributed by atoms with Gasteiger partial charge in [-0.1, -0.05) is 11.6 Å². The number of hydrogen-bond acceptors (Lipinski definition) is 4. The molecule has 0 saturated carbocycles. The van der Waals surface area contributed by atoms with Crippen molar-refractivity contribution >= 4 is 11.7 Å². The largest absolute Gasteiger partial charge is 0.459 e. The molecule has 0 aliphatic rings. The molecule has 0 spiro atoms. The molecule has 2 N–H and O–H groups in total. The highest BCUT2D eigenvalue weighted by Gasteiger charge is 2.17. The number of aryl methyl sites for hydroxylation is 1. The van der Waals surface area contributed by atoms with Crippen molar-refractivity contribution in [1.29, 1.82) is 0 Å². The maximum atomic E-state index is 12.2. The van der Waals surface area contributed by atoms with E-state index >= 15 is 0 Å². The van der Waals surface area contributed by atoms with E-state index in [0.717, 1.165) is 16.7 Å². The smallest absolute Gasteiger partial charge is 0.326 e. The lowest BCUT2D eigenvalue weighted by Crippen LogP contribution is -2.30. The van der Waals surface area contributed by atoms with Gasteiger partial charge in [0.05, 0.1) is 0 Å². The molecule has 2 aromatic rings. The fourth-order valence-corrected chi connectivity index (χ4v) is 2.24. The van der Waals surface area contributed by atoms with Gasteiger partial charge in [-0.2, -0.15) is 0 Å². The first-order chi connectivity index (χ1) is 10.7. The Morgan fingerprint density at radius 2 is 1.91 bits per heavy atom. The third-order valence-electron chi connectivity index (χ3n) is 3.24. The number of aromatic nitrogens is 1. The molecular weight excluding hydrogens is 292 g/mol. The van der Waals surface area contributed by atoms with Crippen molar-refractivity contribution in [1.82, 2.24) is 4.57 Å². The highest BCUT2D eigenvalue weighted by Crippen LogP contribution is 2.25. The summed E-state index contributed by atoms with van der Waals surface area (Å²) in [6, 6.07) is 8.92. The van der Waals surface area contributed by atoms with Crippen LogP contribution in [-0.4, -0.2) is 16.1 Å². The zero-order valence-corrected chi connectivity index (χ0v) is 13.9. The minimum atomic E-state index is -0.573. The van der Waals surface area contributed by atoms with E-state index in [9.17, 15) is 9.59 Å². The van der Waals surface area contributed by atoms with Crippen molar-refractivity contribution in [3.8, 4) is 11.1 Å². The lowest BCUT2D eigenvalue weighted by atomic mass is 10.0. The van der Waals surface area contributed by atoms with Gasteiger partial charge in [0.2, 0.25) is 0 Å². The Bertz CT molecular complexity index is 786. The lowest BCUT2D eigenvalue weighted by Gasteiger charge is -2.19.